The fourth-order valence-electron chi connectivity index (χ4n) is 1.86. The van der Waals surface area contributed by atoms with Gasteiger partial charge in [-0.25, -0.2) is 13.1 Å². The highest BCUT2D eigenvalue weighted by Gasteiger charge is 2.17. The monoisotopic (exact) mass is 295 g/mol. The third-order valence-corrected chi connectivity index (χ3v) is 4.50. The van der Waals surface area contributed by atoms with Gasteiger partial charge in [0.15, 0.2) is 0 Å². The molecule has 0 aliphatic heterocycles. The van der Waals surface area contributed by atoms with Crippen LogP contribution in [0.15, 0.2) is 39.6 Å². The normalized spacial score (nSPS) is 11.8. The van der Waals surface area contributed by atoms with Gasteiger partial charge in [-0.1, -0.05) is 12.1 Å². The van der Waals surface area contributed by atoms with E-state index in [-0.39, 0.29) is 18.0 Å². The first kappa shape index (κ1) is 14.8. The highest BCUT2D eigenvalue weighted by molar-refractivity contribution is 7.89. The number of sulfonamides is 1. The average molecular weight is 295 g/mol. The second-order valence-electron chi connectivity index (χ2n) is 4.59. The van der Waals surface area contributed by atoms with E-state index in [0.29, 0.717) is 16.9 Å². The minimum Gasteiger partial charge on any atom is -0.465 e. The van der Waals surface area contributed by atoms with Gasteiger partial charge in [0.25, 0.3) is 0 Å². The van der Waals surface area contributed by atoms with Crippen molar-refractivity contribution in [2.24, 2.45) is 0 Å². The summed E-state index contributed by atoms with van der Waals surface area (Å²) in [7, 11) is -3.63. The zero-order valence-corrected chi connectivity index (χ0v) is 12.2. The number of benzene rings is 1. The summed E-state index contributed by atoms with van der Waals surface area (Å²) in [6.07, 6.45) is 0. The lowest BCUT2D eigenvalue weighted by molar-refractivity contribution is 0.281. The van der Waals surface area contributed by atoms with Gasteiger partial charge in [-0.3, -0.25) is 0 Å². The van der Waals surface area contributed by atoms with E-state index < -0.39 is 10.0 Å². The number of rotatable bonds is 5. The number of hydrogen-bond acceptors (Lipinski definition) is 4. The lowest BCUT2D eigenvalue weighted by atomic mass is 10.2. The summed E-state index contributed by atoms with van der Waals surface area (Å²) >= 11 is 0. The van der Waals surface area contributed by atoms with Crippen molar-refractivity contribution in [3.63, 3.8) is 0 Å². The van der Waals surface area contributed by atoms with E-state index in [9.17, 15) is 8.42 Å². The van der Waals surface area contributed by atoms with Crippen LogP contribution in [0.2, 0.25) is 0 Å². The van der Waals surface area contributed by atoms with E-state index >= 15 is 0 Å². The summed E-state index contributed by atoms with van der Waals surface area (Å²) in [5, 5.41) is 9.10. The van der Waals surface area contributed by atoms with Gasteiger partial charge in [-0.05, 0) is 43.2 Å². The molecule has 108 valence electrons. The Bertz CT molecular complexity index is 704. The average Bonchev–Trinajstić information content (AvgIpc) is 2.83. The highest BCUT2D eigenvalue weighted by Crippen LogP contribution is 2.17. The molecule has 1 aromatic heterocycles. The number of aryl methyl sites for hydroxylation is 2. The van der Waals surface area contributed by atoms with Crippen LogP contribution in [0.25, 0.3) is 0 Å². The number of furan rings is 1. The molecule has 6 heteroatoms. The van der Waals surface area contributed by atoms with Crippen LogP contribution in [0.3, 0.4) is 0 Å². The number of aliphatic hydroxyl groups is 1. The first-order chi connectivity index (χ1) is 9.42. The summed E-state index contributed by atoms with van der Waals surface area (Å²) in [5.41, 5.74) is 1.19. The van der Waals surface area contributed by atoms with Crippen molar-refractivity contribution < 1.29 is 17.9 Å². The second kappa shape index (κ2) is 5.78. The predicted molar refractivity (Wildman–Crippen MR) is 74.6 cm³/mol. The molecule has 1 heterocycles. The summed E-state index contributed by atoms with van der Waals surface area (Å²) in [6, 6.07) is 8.36. The lowest BCUT2D eigenvalue weighted by Gasteiger charge is -2.09. The molecule has 0 aliphatic rings. The quantitative estimate of drug-likeness (QED) is 0.882. The minimum atomic E-state index is -3.63. The Balaban J connectivity index is 2.21. The van der Waals surface area contributed by atoms with Crippen molar-refractivity contribution in [1.82, 2.24) is 4.72 Å². The maximum Gasteiger partial charge on any atom is 0.241 e. The van der Waals surface area contributed by atoms with Crippen molar-refractivity contribution in [2.45, 2.75) is 31.9 Å². The Hall–Kier alpha value is -1.63. The van der Waals surface area contributed by atoms with E-state index in [2.05, 4.69) is 4.72 Å². The van der Waals surface area contributed by atoms with E-state index in [1.165, 1.54) is 6.07 Å². The SMILES string of the molecule is Cc1ccc(CNS(=O)(=O)c2cc(CO)ccc2C)o1. The standard InChI is InChI=1S/C14H17NO4S/c1-10-3-5-12(9-16)7-14(10)20(17,18)15-8-13-6-4-11(2)19-13/h3-7,15-16H,8-9H2,1-2H3. The van der Waals surface area contributed by atoms with Gasteiger partial charge < -0.3 is 9.52 Å². The Labute approximate surface area is 118 Å². The van der Waals surface area contributed by atoms with Crippen LogP contribution in [0.5, 0.6) is 0 Å². The van der Waals surface area contributed by atoms with Crippen LogP contribution < -0.4 is 4.72 Å². The molecule has 0 spiro atoms. The molecule has 0 fully saturated rings. The third kappa shape index (κ3) is 3.27. The number of aliphatic hydroxyl groups excluding tert-OH is 1. The smallest absolute Gasteiger partial charge is 0.241 e. The third-order valence-electron chi connectivity index (χ3n) is 2.96. The molecule has 0 saturated heterocycles. The van der Waals surface area contributed by atoms with Crippen LogP contribution in [0, 0.1) is 13.8 Å². The Kier molecular flexibility index (Phi) is 4.27. The minimum absolute atomic E-state index is 0.0962. The largest absolute Gasteiger partial charge is 0.465 e. The molecule has 1 aromatic carbocycles. The van der Waals surface area contributed by atoms with Gasteiger partial charge in [-0.2, -0.15) is 0 Å². The zero-order valence-electron chi connectivity index (χ0n) is 11.4. The summed E-state index contributed by atoms with van der Waals surface area (Å²) < 4.78 is 32.4. The van der Waals surface area contributed by atoms with Crippen molar-refractivity contribution in [3.8, 4) is 0 Å². The molecule has 0 unspecified atom stereocenters. The maximum absolute atomic E-state index is 12.3. The molecule has 20 heavy (non-hydrogen) atoms. The van der Waals surface area contributed by atoms with Crippen molar-refractivity contribution in [1.29, 1.82) is 0 Å². The van der Waals surface area contributed by atoms with Crippen LogP contribution in [-0.4, -0.2) is 13.5 Å². The van der Waals surface area contributed by atoms with Crippen LogP contribution in [-0.2, 0) is 23.2 Å². The molecule has 0 saturated carbocycles. The van der Waals surface area contributed by atoms with Gasteiger partial charge in [0.05, 0.1) is 18.0 Å². The Morgan fingerprint density at radius 3 is 2.55 bits per heavy atom. The van der Waals surface area contributed by atoms with Crippen molar-refractivity contribution in [2.75, 3.05) is 0 Å². The summed E-state index contributed by atoms with van der Waals surface area (Å²) in [5.74, 6) is 1.29. The number of hydrogen-bond donors (Lipinski definition) is 2. The number of nitrogens with one attached hydrogen (secondary N) is 1. The van der Waals surface area contributed by atoms with Gasteiger partial charge in [0, 0.05) is 0 Å². The van der Waals surface area contributed by atoms with Crippen LogP contribution in [0.1, 0.15) is 22.6 Å². The first-order valence-electron chi connectivity index (χ1n) is 6.18. The topological polar surface area (TPSA) is 79.5 Å². The van der Waals surface area contributed by atoms with Gasteiger partial charge in [-0.15, -0.1) is 0 Å². The Morgan fingerprint density at radius 2 is 1.95 bits per heavy atom. The summed E-state index contributed by atoms with van der Waals surface area (Å²) in [4.78, 5) is 0.173. The molecule has 0 bridgehead atoms. The molecule has 0 radical (unpaired) electrons. The molecule has 0 amide bonds. The van der Waals surface area contributed by atoms with E-state index in [4.69, 9.17) is 9.52 Å². The van der Waals surface area contributed by atoms with E-state index in [1.54, 1.807) is 38.1 Å². The molecular weight excluding hydrogens is 278 g/mol. The molecule has 2 aromatic rings. The first-order valence-corrected chi connectivity index (χ1v) is 7.66. The van der Waals surface area contributed by atoms with Crippen LogP contribution >= 0.6 is 0 Å². The fraction of sp³-hybridized carbons (Fsp3) is 0.286. The second-order valence-corrected chi connectivity index (χ2v) is 6.33. The van der Waals surface area contributed by atoms with Crippen LogP contribution in [0.4, 0.5) is 0 Å². The van der Waals surface area contributed by atoms with E-state index in [1.807, 2.05) is 0 Å². The van der Waals surface area contributed by atoms with Gasteiger partial charge >= 0.3 is 0 Å². The van der Waals surface area contributed by atoms with Gasteiger partial charge in [0.2, 0.25) is 10.0 Å². The highest BCUT2D eigenvalue weighted by atomic mass is 32.2. The Morgan fingerprint density at radius 1 is 1.20 bits per heavy atom. The molecule has 2 N–H and O–H groups in total. The molecular formula is C14H17NO4S. The summed E-state index contributed by atoms with van der Waals surface area (Å²) in [6.45, 7) is 3.42. The van der Waals surface area contributed by atoms with Crippen molar-refractivity contribution in [3.05, 3.63) is 53.0 Å². The molecule has 0 aliphatic carbocycles. The maximum atomic E-state index is 12.3. The lowest BCUT2D eigenvalue weighted by Crippen LogP contribution is -2.24. The fourth-order valence-corrected chi connectivity index (χ4v) is 3.14. The molecule has 5 nitrogen and oxygen atoms in total. The molecule has 2 rings (SSSR count). The molecule has 0 atom stereocenters. The van der Waals surface area contributed by atoms with Crippen molar-refractivity contribution >= 4 is 10.0 Å². The van der Waals surface area contributed by atoms with Gasteiger partial charge in [0.1, 0.15) is 11.5 Å². The van der Waals surface area contributed by atoms with E-state index in [0.717, 1.165) is 5.76 Å². The predicted octanol–water partition coefficient (Wildman–Crippen LogP) is 1.87. The zero-order chi connectivity index (χ0) is 14.8.